The van der Waals surface area contributed by atoms with Gasteiger partial charge in [0.15, 0.2) is 0 Å². The number of morpholine rings is 1. The quantitative estimate of drug-likeness (QED) is 0.888. The summed E-state index contributed by atoms with van der Waals surface area (Å²) in [5.74, 6) is 0. The van der Waals surface area contributed by atoms with E-state index < -0.39 is 5.60 Å². The minimum atomic E-state index is -0.474. The molecule has 2 heterocycles. The Labute approximate surface area is 125 Å². The van der Waals surface area contributed by atoms with Gasteiger partial charge in [0, 0.05) is 32.0 Å². The summed E-state index contributed by atoms with van der Waals surface area (Å²) >= 11 is 0. The number of carbonyl (C=O) groups excluding carboxylic acids is 1. The summed E-state index contributed by atoms with van der Waals surface area (Å²) in [6.07, 6.45) is 3.59. The maximum absolute atomic E-state index is 12.2. The van der Waals surface area contributed by atoms with Gasteiger partial charge >= 0.3 is 6.09 Å². The molecule has 1 saturated heterocycles. The third-order valence-electron chi connectivity index (χ3n) is 3.23. The van der Waals surface area contributed by atoms with E-state index in [1.807, 2.05) is 39.2 Å². The van der Waals surface area contributed by atoms with Gasteiger partial charge in [0.05, 0.1) is 19.3 Å². The Balaban J connectivity index is 1.84. The maximum atomic E-state index is 12.2. The van der Waals surface area contributed by atoms with Crippen LogP contribution in [-0.4, -0.2) is 53.9 Å². The number of hydrogen-bond acceptors (Lipinski definition) is 4. The minimum Gasteiger partial charge on any atom is -0.444 e. The molecule has 2 N–H and O–H groups in total. The molecule has 1 aliphatic rings. The van der Waals surface area contributed by atoms with Gasteiger partial charge in [-0.15, -0.1) is 0 Å². The Morgan fingerprint density at radius 3 is 3.05 bits per heavy atom. The highest BCUT2D eigenvalue weighted by atomic mass is 16.6. The fourth-order valence-corrected chi connectivity index (χ4v) is 2.24. The molecule has 118 valence electrons. The molecule has 1 unspecified atom stereocenters. The lowest BCUT2D eigenvalue weighted by Crippen LogP contribution is -2.53. The molecule has 1 amide bonds. The summed E-state index contributed by atoms with van der Waals surface area (Å²) in [6, 6.07) is 2.03. The van der Waals surface area contributed by atoms with E-state index in [1.54, 1.807) is 4.90 Å². The van der Waals surface area contributed by atoms with E-state index in [4.69, 9.17) is 9.47 Å². The van der Waals surface area contributed by atoms with Gasteiger partial charge in [0.2, 0.25) is 0 Å². The van der Waals surface area contributed by atoms with Crippen LogP contribution in [0, 0.1) is 0 Å². The van der Waals surface area contributed by atoms with Gasteiger partial charge < -0.3 is 19.8 Å². The van der Waals surface area contributed by atoms with Crippen LogP contribution in [0.25, 0.3) is 0 Å². The average Bonchev–Trinajstić information content (AvgIpc) is 2.90. The molecule has 1 aromatic rings. The van der Waals surface area contributed by atoms with Crippen LogP contribution >= 0.6 is 0 Å². The highest BCUT2D eigenvalue weighted by Gasteiger charge is 2.30. The molecule has 21 heavy (non-hydrogen) atoms. The average molecular weight is 295 g/mol. The monoisotopic (exact) mass is 295 g/mol. The third kappa shape index (κ3) is 5.06. The Morgan fingerprint density at radius 1 is 1.57 bits per heavy atom. The van der Waals surface area contributed by atoms with Crippen molar-refractivity contribution < 1.29 is 14.3 Å². The van der Waals surface area contributed by atoms with Crippen molar-refractivity contribution in [1.29, 1.82) is 0 Å². The van der Waals surface area contributed by atoms with Crippen molar-refractivity contribution >= 4 is 6.09 Å². The van der Waals surface area contributed by atoms with Gasteiger partial charge in [-0.3, -0.25) is 4.90 Å². The number of amides is 1. The zero-order chi connectivity index (χ0) is 15.3. The molecule has 0 radical (unpaired) electrons. The number of hydrogen-bond donors (Lipinski definition) is 2. The number of carbonyl (C=O) groups is 1. The topological polar surface area (TPSA) is 66.6 Å². The molecular weight excluding hydrogens is 270 g/mol. The molecule has 1 aromatic heterocycles. The van der Waals surface area contributed by atoms with E-state index in [0.29, 0.717) is 26.3 Å². The standard InChI is InChI=1S/C15H25N3O3/c1-15(2,3)21-14(19)18-6-7-20-11-13(18)10-17-9-12-4-5-16-8-12/h4-5,8,13,16-17H,6-7,9-11H2,1-3H3. The fourth-order valence-electron chi connectivity index (χ4n) is 2.24. The Morgan fingerprint density at radius 2 is 2.38 bits per heavy atom. The molecule has 1 atom stereocenters. The van der Waals surface area contributed by atoms with Crippen LogP contribution in [0.5, 0.6) is 0 Å². The molecule has 1 fully saturated rings. The molecule has 6 heteroatoms. The first kappa shape index (κ1) is 15.9. The van der Waals surface area contributed by atoms with E-state index >= 15 is 0 Å². The van der Waals surface area contributed by atoms with E-state index in [0.717, 1.165) is 6.54 Å². The van der Waals surface area contributed by atoms with Crippen molar-refractivity contribution in [3.05, 3.63) is 24.0 Å². The first-order chi connectivity index (χ1) is 9.96. The van der Waals surface area contributed by atoms with Crippen LogP contribution in [-0.2, 0) is 16.0 Å². The Kier molecular flexibility index (Phi) is 5.25. The number of aromatic nitrogens is 1. The van der Waals surface area contributed by atoms with Crippen LogP contribution in [0.3, 0.4) is 0 Å². The summed E-state index contributed by atoms with van der Waals surface area (Å²) < 4.78 is 10.9. The molecule has 0 aliphatic carbocycles. The van der Waals surface area contributed by atoms with Gasteiger partial charge in [-0.2, -0.15) is 0 Å². The van der Waals surface area contributed by atoms with E-state index in [2.05, 4.69) is 10.3 Å². The largest absolute Gasteiger partial charge is 0.444 e. The molecule has 0 saturated carbocycles. The Bertz CT molecular complexity index is 440. The van der Waals surface area contributed by atoms with Crippen molar-refractivity contribution in [2.24, 2.45) is 0 Å². The number of rotatable bonds is 4. The molecule has 0 spiro atoms. The summed E-state index contributed by atoms with van der Waals surface area (Å²) in [4.78, 5) is 17.0. The summed E-state index contributed by atoms with van der Waals surface area (Å²) in [5.41, 5.74) is 0.717. The van der Waals surface area contributed by atoms with E-state index in [1.165, 1.54) is 5.56 Å². The van der Waals surface area contributed by atoms with Crippen molar-refractivity contribution in [3.63, 3.8) is 0 Å². The molecule has 0 aromatic carbocycles. The second-order valence-corrected chi connectivity index (χ2v) is 6.25. The lowest BCUT2D eigenvalue weighted by molar-refractivity contribution is -0.0317. The van der Waals surface area contributed by atoms with Crippen molar-refractivity contribution in [1.82, 2.24) is 15.2 Å². The maximum Gasteiger partial charge on any atom is 0.410 e. The number of ether oxygens (including phenoxy) is 2. The van der Waals surface area contributed by atoms with Gasteiger partial charge in [0.1, 0.15) is 5.60 Å². The van der Waals surface area contributed by atoms with Gasteiger partial charge in [0.25, 0.3) is 0 Å². The smallest absolute Gasteiger partial charge is 0.410 e. The van der Waals surface area contributed by atoms with Crippen molar-refractivity contribution in [3.8, 4) is 0 Å². The minimum absolute atomic E-state index is 0.00698. The van der Waals surface area contributed by atoms with Crippen LogP contribution in [0.15, 0.2) is 18.5 Å². The lowest BCUT2D eigenvalue weighted by Gasteiger charge is -2.36. The van der Waals surface area contributed by atoms with E-state index in [-0.39, 0.29) is 12.1 Å². The number of nitrogens with one attached hydrogen (secondary N) is 2. The first-order valence-corrected chi connectivity index (χ1v) is 7.35. The van der Waals surface area contributed by atoms with E-state index in [9.17, 15) is 4.79 Å². The van der Waals surface area contributed by atoms with Crippen molar-refractivity contribution in [2.75, 3.05) is 26.3 Å². The molecule has 1 aliphatic heterocycles. The SMILES string of the molecule is CC(C)(C)OC(=O)N1CCOCC1CNCc1cc[nH]c1. The zero-order valence-corrected chi connectivity index (χ0v) is 13.0. The summed E-state index contributed by atoms with van der Waals surface area (Å²) in [5, 5.41) is 3.36. The van der Waals surface area contributed by atoms with Crippen molar-refractivity contribution in [2.45, 2.75) is 39.0 Å². The third-order valence-corrected chi connectivity index (χ3v) is 3.23. The normalized spacial score (nSPS) is 19.6. The molecule has 0 bridgehead atoms. The summed E-state index contributed by atoms with van der Waals surface area (Å²) in [7, 11) is 0. The highest BCUT2D eigenvalue weighted by Crippen LogP contribution is 2.14. The molecular formula is C15H25N3O3. The first-order valence-electron chi connectivity index (χ1n) is 7.35. The van der Waals surface area contributed by atoms with Gasteiger partial charge in [-0.05, 0) is 32.4 Å². The predicted molar refractivity (Wildman–Crippen MR) is 80.0 cm³/mol. The van der Waals surface area contributed by atoms with Crippen LogP contribution < -0.4 is 5.32 Å². The predicted octanol–water partition coefficient (Wildman–Crippen LogP) is 1.74. The van der Waals surface area contributed by atoms with Gasteiger partial charge in [-0.1, -0.05) is 0 Å². The second-order valence-electron chi connectivity index (χ2n) is 6.25. The van der Waals surface area contributed by atoms with Crippen LogP contribution in [0.2, 0.25) is 0 Å². The number of aromatic amines is 1. The van der Waals surface area contributed by atoms with Gasteiger partial charge in [-0.25, -0.2) is 4.79 Å². The second kappa shape index (κ2) is 6.95. The van der Waals surface area contributed by atoms with Crippen LogP contribution in [0.1, 0.15) is 26.3 Å². The summed E-state index contributed by atoms with van der Waals surface area (Å²) in [6.45, 7) is 8.77. The Hall–Kier alpha value is -1.53. The fraction of sp³-hybridized carbons (Fsp3) is 0.667. The zero-order valence-electron chi connectivity index (χ0n) is 13.0. The van der Waals surface area contributed by atoms with Crippen LogP contribution in [0.4, 0.5) is 4.79 Å². The highest BCUT2D eigenvalue weighted by molar-refractivity contribution is 5.68. The molecule has 2 rings (SSSR count). The molecule has 6 nitrogen and oxygen atoms in total. The number of nitrogens with zero attached hydrogens (tertiary/aromatic N) is 1. The number of H-pyrrole nitrogens is 1. The lowest BCUT2D eigenvalue weighted by atomic mass is 10.2.